The highest BCUT2D eigenvalue weighted by molar-refractivity contribution is 4.85. The van der Waals surface area contributed by atoms with Crippen LogP contribution in [-0.2, 0) is 0 Å². The van der Waals surface area contributed by atoms with E-state index in [0.29, 0.717) is 6.04 Å². The van der Waals surface area contributed by atoms with Gasteiger partial charge < -0.3 is 10.6 Å². The maximum atomic E-state index is 6.10. The van der Waals surface area contributed by atoms with Gasteiger partial charge in [0.2, 0.25) is 0 Å². The van der Waals surface area contributed by atoms with Crippen LogP contribution in [0.2, 0.25) is 0 Å². The molecule has 0 bridgehead atoms. The molecule has 0 aromatic heterocycles. The quantitative estimate of drug-likeness (QED) is 0.832. The molecular formula is C15H31N3. The molecule has 2 N–H and O–H groups in total. The van der Waals surface area contributed by atoms with Crippen molar-refractivity contribution in [2.75, 3.05) is 39.8 Å². The van der Waals surface area contributed by atoms with Gasteiger partial charge in [0.1, 0.15) is 0 Å². The molecule has 0 spiro atoms. The monoisotopic (exact) mass is 253 g/mol. The third-order valence-electron chi connectivity index (χ3n) is 5.07. The summed E-state index contributed by atoms with van der Waals surface area (Å²) in [7, 11) is 2.24. The fourth-order valence-electron chi connectivity index (χ4n) is 3.71. The van der Waals surface area contributed by atoms with E-state index in [2.05, 4.69) is 23.8 Å². The van der Waals surface area contributed by atoms with Gasteiger partial charge in [-0.3, -0.25) is 4.90 Å². The average molecular weight is 253 g/mol. The van der Waals surface area contributed by atoms with Crippen LogP contribution in [0.15, 0.2) is 0 Å². The third kappa shape index (κ3) is 3.69. The SMILES string of the molecule is CC1CCC(C(CN)N2CCCN(C)CC2)CC1. The van der Waals surface area contributed by atoms with Gasteiger partial charge in [0.25, 0.3) is 0 Å². The number of nitrogens with two attached hydrogens (primary N) is 1. The Morgan fingerprint density at radius 1 is 1.06 bits per heavy atom. The molecule has 1 aliphatic heterocycles. The van der Waals surface area contributed by atoms with E-state index in [1.165, 1.54) is 58.3 Å². The first-order valence-electron chi connectivity index (χ1n) is 7.83. The van der Waals surface area contributed by atoms with E-state index in [1.807, 2.05) is 0 Å². The summed E-state index contributed by atoms with van der Waals surface area (Å²) < 4.78 is 0. The molecular weight excluding hydrogens is 222 g/mol. The molecule has 3 nitrogen and oxygen atoms in total. The van der Waals surface area contributed by atoms with Gasteiger partial charge in [-0.25, -0.2) is 0 Å². The van der Waals surface area contributed by atoms with Crippen molar-refractivity contribution >= 4 is 0 Å². The molecule has 106 valence electrons. The fourth-order valence-corrected chi connectivity index (χ4v) is 3.71. The molecule has 2 fully saturated rings. The molecule has 0 aromatic carbocycles. The number of rotatable bonds is 3. The zero-order valence-electron chi connectivity index (χ0n) is 12.3. The highest BCUT2D eigenvalue weighted by Crippen LogP contribution is 2.32. The summed E-state index contributed by atoms with van der Waals surface area (Å²) in [6.45, 7) is 8.16. The molecule has 1 aliphatic carbocycles. The fraction of sp³-hybridized carbons (Fsp3) is 1.00. The van der Waals surface area contributed by atoms with Crippen molar-refractivity contribution in [2.45, 2.75) is 45.1 Å². The topological polar surface area (TPSA) is 32.5 Å². The molecule has 1 atom stereocenters. The predicted molar refractivity (Wildman–Crippen MR) is 77.7 cm³/mol. The summed E-state index contributed by atoms with van der Waals surface area (Å²) in [5, 5.41) is 0. The van der Waals surface area contributed by atoms with E-state index in [4.69, 9.17) is 5.73 Å². The van der Waals surface area contributed by atoms with Crippen LogP contribution in [0.4, 0.5) is 0 Å². The highest BCUT2D eigenvalue weighted by Gasteiger charge is 2.30. The van der Waals surface area contributed by atoms with Crippen LogP contribution in [0.25, 0.3) is 0 Å². The Kier molecular flexibility index (Phi) is 5.46. The van der Waals surface area contributed by atoms with Crippen LogP contribution in [0, 0.1) is 11.8 Å². The lowest BCUT2D eigenvalue weighted by Crippen LogP contribution is -2.47. The summed E-state index contributed by atoms with van der Waals surface area (Å²) in [4.78, 5) is 5.14. The molecule has 18 heavy (non-hydrogen) atoms. The second-order valence-corrected chi connectivity index (χ2v) is 6.52. The van der Waals surface area contributed by atoms with Gasteiger partial charge >= 0.3 is 0 Å². The molecule has 1 heterocycles. The van der Waals surface area contributed by atoms with E-state index in [0.717, 1.165) is 18.4 Å². The number of hydrogen-bond acceptors (Lipinski definition) is 3. The Balaban J connectivity index is 1.90. The maximum absolute atomic E-state index is 6.10. The van der Waals surface area contributed by atoms with Crippen LogP contribution in [-0.4, -0.2) is 55.6 Å². The normalized spacial score (nSPS) is 34.2. The van der Waals surface area contributed by atoms with Crippen molar-refractivity contribution in [1.82, 2.24) is 9.80 Å². The Bertz CT molecular complexity index is 236. The van der Waals surface area contributed by atoms with Crippen LogP contribution in [0.1, 0.15) is 39.0 Å². The highest BCUT2D eigenvalue weighted by atomic mass is 15.2. The molecule has 2 aliphatic rings. The standard InChI is InChI=1S/C15H31N3/c1-13-4-6-14(7-5-13)15(12-16)18-9-3-8-17(2)10-11-18/h13-15H,3-12,16H2,1-2H3. The zero-order chi connectivity index (χ0) is 13.0. The Morgan fingerprint density at radius 2 is 1.78 bits per heavy atom. The first kappa shape index (κ1) is 14.3. The third-order valence-corrected chi connectivity index (χ3v) is 5.07. The van der Waals surface area contributed by atoms with Gasteiger partial charge in [0, 0.05) is 25.7 Å². The van der Waals surface area contributed by atoms with Gasteiger partial charge in [-0.2, -0.15) is 0 Å². The van der Waals surface area contributed by atoms with Crippen LogP contribution in [0.5, 0.6) is 0 Å². The van der Waals surface area contributed by atoms with Gasteiger partial charge in [-0.05, 0) is 51.2 Å². The first-order valence-corrected chi connectivity index (χ1v) is 7.83. The zero-order valence-corrected chi connectivity index (χ0v) is 12.3. The number of likely N-dealkylation sites (N-methyl/N-ethyl adjacent to an activating group) is 1. The first-order chi connectivity index (χ1) is 8.70. The molecule has 0 amide bonds. The molecule has 1 unspecified atom stereocenters. The lowest BCUT2D eigenvalue weighted by Gasteiger charge is -2.39. The van der Waals surface area contributed by atoms with Gasteiger partial charge in [-0.15, -0.1) is 0 Å². The van der Waals surface area contributed by atoms with Gasteiger partial charge in [-0.1, -0.05) is 19.8 Å². The molecule has 0 aromatic rings. The summed E-state index contributed by atoms with van der Waals surface area (Å²) in [5.74, 6) is 1.80. The van der Waals surface area contributed by atoms with Crippen LogP contribution < -0.4 is 5.73 Å². The van der Waals surface area contributed by atoms with Gasteiger partial charge in [0.05, 0.1) is 0 Å². The Morgan fingerprint density at radius 3 is 2.44 bits per heavy atom. The van der Waals surface area contributed by atoms with E-state index in [1.54, 1.807) is 0 Å². The lowest BCUT2D eigenvalue weighted by atomic mass is 9.78. The Hall–Kier alpha value is -0.120. The largest absolute Gasteiger partial charge is 0.329 e. The average Bonchev–Trinajstić information content (AvgIpc) is 2.58. The number of nitrogens with zero attached hydrogens (tertiary/aromatic N) is 2. The van der Waals surface area contributed by atoms with Crippen molar-refractivity contribution in [3.8, 4) is 0 Å². The van der Waals surface area contributed by atoms with Crippen molar-refractivity contribution in [1.29, 1.82) is 0 Å². The minimum atomic E-state index is 0.643. The van der Waals surface area contributed by atoms with E-state index in [9.17, 15) is 0 Å². The van der Waals surface area contributed by atoms with Crippen molar-refractivity contribution in [3.63, 3.8) is 0 Å². The molecule has 3 heteroatoms. The lowest BCUT2D eigenvalue weighted by molar-refractivity contribution is 0.115. The van der Waals surface area contributed by atoms with E-state index in [-0.39, 0.29) is 0 Å². The minimum absolute atomic E-state index is 0.643. The maximum Gasteiger partial charge on any atom is 0.0247 e. The second-order valence-electron chi connectivity index (χ2n) is 6.52. The summed E-state index contributed by atoms with van der Waals surface area (Å²) >= 11 is 0. The van der Waals surface area contributed by atoms with Crippen molar-refractivity contribution < 1.29 is 0 Å². The molecule has 1 saturated heterocycles. The van der Waals surface area contributed by atoms with E-state index < -0.39 is 0 Å². The Labute approximate surface area is 113 Å². The second kappa shape index (κ2) is 6.88. The minimum Gasteiger partial charge on any atom is -0.329 e. The van der Waals surface area contributed by atoms with Crippen LogP contribution in [0.3, 0.4) is 0 Å². The van der Waals surface area contributed by atoms with Crippen molar-refractivity contribution in [3.05, 3.63) is 0 Å². The predicted octanol–water partition coefficient (Wildman–Crippen LogP) is 1.78. The van der Waals surface area contributed by atoms with Gasteiger partial charge in [0.15, 0.2) is 0 Å². The van der Waals surface area contributed by atoms with Crippen molar-refractivity contribution in [2.24, 2.45) is 17.6 Å². The molecule has 2 rings (SSSR count). The molecule has 0 radical (unpaired) electrons. The summed E-state index contributed by atoms with van der Waals surface area (Å²) in [6, 6.07) is 0.643. The van der Waals surface area contributed by atoms with E-state index >= 15 is 0 Å². The summed E-state index contributed by atoms with van der Waals surface area (Å²) in [5.41, 5.74) is 6.10. The number of hydrogen-bond donors (Lipinski definition) is 1. The van der Waals surface area contributed by atoms with Crippen LogP contribution >= 0.6 is 0 Å². The smallest absolute Gasteiger partial charge is 0.0247 e. The summed E-state index contributed by atoms with van der Waals surface area (Å²) in [6.07, 6.45) is 6.92. The molecule has 1 saturated carbocycles.